The summed E-state index contributed by atoms with van der Waals surface area (Å²) in [4.78, 5) is 19.9. The van der Waals surface area contributed by atoms with Gasteiger partial charge >= 0.3 is 6.03 Å². The highest BCUT2D eigenvalue weighted by Gasteiger charge is 2.47. The van der Waals surface area contributed by atoms with Gasteiger partial charge in [0.05, 0.1) is 23.9 Å². The fourth-order valence-electron chi connectivity index (χ4n) is 6.10. The van der Waals surface area contributed by atoms with Crippen LogP contribution in [-0.4, -0.2) is 48.4 Å². The number of likely N-dealkylation sites (tertiary alicyclic amines) is 1. The predicted octanol–water partition coefficient (Wildman–Crippen LogP) is 4.97. The van der Waals surface area contributed by atoms with Gasteiger partial charge in [-0.1, -0.05) is 30.3 Å². The number of carbonyl (C=O) groups excluding carboxylic acids is 1. The van der Waals surface area contributed by atoms with Crippen molar-refractivity contribution in [3.63, 3.8) is 0 Å². The summed E-state index contributed by atoms with van der Waals surface area (Å²) in [5.74, 6) is 0.771. The first-order valence-corrected chi connectivity index (χ1v) is 13.1. The van der Waals surface area contributed by atoms with Crippen LogP contribution in [0.3, 0.4) is 0 Å². The molecule has 0 radical (unpaired) electrons. The summed E-state index contributed by atoms with van der Waals surface area (Å²) < 4.78 is 5.35. The molecule has 1 aliphatic carbocycles. The number of ether oxygens (including phenoxy) is 1. The van der Waals surface area contributed by atoms with E-state index in [0.29, 0.717) is 12.3 Å². The first-order valence-electron chi connectivity index (χ1n) is 13.1. The molecule has 1 saturated carbocycles. The average Bonchev–Trinajstić information content (AvgIpc) is 3.52. The lowest BCUT2D eigenvalue weighted by molar-refractivity contribution is 0.153. The Labute approximate surface area is 217 Å². The van der Waals surface area contributed by atoms with Crippen molar-refractivity contribution < 1.29 is 9.53 Å². The Kier molecular flexibility index (Phi) is 5.86. The van der Waals surface area contributed by atoms with Crippen molar-refractivity contribution in [3.05, 3.63) is 83.7 Å². The summed E-state index contributed by atoms with van der Waals surface area (Å²) in [5, 5.41) is 16.7. The van der Waals surface area contributed by atoms with Crippen molar-refractivity contribution in [3.8, 4) is 5.75 Å². The lowest BCUT2D eigenvalue weighted by Crippen LogP contribution is -2.54. The van der Waals surface area contributed by atoms with Gasteiger partial charge in [-0.15, -0.1) is 0 Å². The summed E-state index contributed by atoms with van der Waals surface area (Å²) in [7, 11) is 1.65. The molecule has 1 atom stereocenters. The van der Waals surface area contributed by atoms with Crippen LogP contribution >= 0.6 is 0 Å². The van der Waals surface area contributed by atoms with Crippen LogP contribution in [0.15, 0.2) is 72.6 Å². The van der Waals surface area contributed by atoms with E-state index in [4.69, 9.17) is 10.1 Å². The number of carbonyl (C=O) groups is 1. The number of hydrogen-bond acceptors (Lipinski definition) is 5. The van der Waals surface area contributed by atoms with E-state index in [-0.39, 0.29) is 17.0 Å². The Balaban J connectivity index is 1.19. The van der Waals surface area contributed by atoms with Gasteiger partial charge in [-0.05, 0) is 68.0 Å². The minimum atomic E-state index is -0.241. The number of fused-ring (bicyclic) bond motifs is 1. The Morgan fingerprint density at radius 2 is 1.97 bits per heavy atom. The zero-order chi connectivity index (χ0) is 25.5. The van der Waals surface area contributed by atoms with Crippen molar-refractivity contribution in [2.45, 2.75) is 37.6 Å². The molecule has 2 aliphatic heterocycles. The van der Waals surface area contributed by atoms with Crippen LogP contribution in [0.5, 0.6) is 5.75 Å². The molecule has 2 saturated heterocycles. The van der Waals surface area contributed by atoms with Crippen LogP contribution in [0.25, 0.3) is 10.9 Å². The quantitative estimate of drug-likeness (QED) is 0.436. The zero-order valence-corrected chi connectivity index (χ0v) is 21.2. The second-order valence-electron chi connectivity index (χ2n) is 10.6. The lowest BCUT2D eigenvalue weighted by atomic mass is 9.72. The first-order chi connectivity index (χ1) is 18.0. The van der Waals surface area contributed by atoms with Crippen LogP contribution in [0.2, 0.25) is 0 Å². The number of pyridine rings is 1. The number of aromatic nitrogens is 1. The van der Waals surface area contributed by atoms with Gasteiger partial charge in [0.25, 0.3) is 0 Å². The van der Waals surface area contributed by atoms with Gasteiger partial charge < -0.3 is 25.7 Å². The minimum absolute atomic E-state index is 0.0226. The number of rotatable bonds is 5. The van der Waals surface area contributed by atoms with E-state index in [1.165, 1.54) is 5.56 Å². The molecule has 3 fully saturated rings. The molecule has 2 amide bonds. The van der Waals surface area contributed by atoms with Crippen molar-refractivity contribution in [1.29, 1.82) is 5.41 Å². The van der Waals surface area contributed by atoms with Gasteiger partial charge in [0.15, 0.2) is 0 Å². The third-order valence-electron chi connectivity index (χ3n) is 8.50. The van der Waals surface area contributed by atoms with Crippen molar-refractivity contribution in [2.75, 3.05) is 26.7 Å². The summed E-state index contributed by atoms with van der Waals surface area (Å²) in [5.41, 5.74) is 3.94. The molecule has 190 valence electrons. The number of amides is 2. The number of urea groups is 1. The van der Waals surface area contributed by atoms with Crippen LogP contribution in [0.4, 0.5) is 4.79 Å². The molecule has 3 N–H and O–H groups in total. The van der Waals surface area contributed by atoms with Gasteiger partial charge in [0.2, 0.25) is 0 Å². The molecule has 7 heteroatoms. The molecule has 1 aromatic heterocycles. The van der Waals surface area contributed by atoms with E-state index in [2.05, 4.69) is 27.8 Å². The number of benzene rings is 2. The van der Waals surface area contributed by atoms with Crippen LogP contribution < -0.4 is 15.4 Å². The predicted molar refractivity (Wildman–Crippen MR) is 145 cm³/mol. The summed E-state index contributed by atoms with van der Waals surface area (Å²) in [6.45, 7) is 2.25. The second-order valence-corrected chi connectivity index (χ2v) is 10.6. The first kappa shape index (κ1) is 23.5. The highest BCUT2D eigenvalue weighted by Crippen LogP contribution is 2.45. The molecular weight excluding hydrogens is 462 g/mol. The van der Waals surface area contributed by atoms with Crippen LogP contribution in [0.1, 0.15) is 43.2 Å². The summed E-state index contributed by atoms with van der Waals surface area (Å²) >= 11 is 0. The standard InChI is InChI=1S/C30H33N5O2/c1-37-24-8-9-26-21(17-24)16-22(19-33-26)25(31)18-27-29(12-14-32-27)13-15-35(20-29)28(36)34-30(10-5-11-30)23-6-3-2-4-7-23/h2-4,6-9,16-19,31-32H,5,10-15,20H2,1H3,(H,34,36)/b27-18-,31-25?. The highest BCUT2D eigenvalue weighted by atomic mass is 16.5. The van der Waals surface area contributed by atoms with Crippen molar-refractivity contribution in [2.24, 2.45) is 5.41 Å². The van der Waals surface area contributed by atoms with Crippen LogP contribution in [-0.2, 0) is 5.54 Å². The van der Waals surface area contributed by atoms with E-state index >= 15 is 0 Å². The van der Waals surface area contributed by atoms with E-state index < -0.39 is 0 Å². The molecule has 6 rings (SSSR count). The molecule has 1 spiro atoms. The number of hydrogen-bond donors (Lipinski definition) is 3. The SMILES string of the molecule is COc1ccc2ncc(C(=N)/C=C3\NCCC34CCN(C(=O)NC3(c5ccccc5)CCC3)C4)cc2c1. The van der Waals surface area contributed by atoms with Gasteiger partial charge in [-0.2, -0.15) is 0 Å². The normalized spacial score (nSPS) is 23.2. The number of nitrogens with zero attached hydrogens (tertiary/aromatic N) is 2. The lowest BCUT2D eigenvalue weighted by Gasteiger charge is -2.44. The largest absolute Gasteiger partial charge is 0.497 e. The maximum Gasteiger partial charge on any atom is 0.318 e. The Morgan fingerprint density at radius 3 is 2.73 bits per heavy atom. The van der Waals surface area contributed by atoms with Crippen molar-refractivity contribution >= 4 is 22.6 Å². The van der Waals surface area contributed by atoms with E-state index in [9.17, 15) is 4.79 Å². The third-order valence-corrected chi connectivity index (χ3v) is 8.50. The van der Waals surface area contributed by atoms with Gasteiger partial charge in [0.1, 0.15) is 5.75 Å². The molecule has 3 aromatic rings. The maximum absolute atomic E-state index is 13.4. The minimum Gasteiger partial charge on any atom is -0.497 e. The fourth-order valence-corrected chi connectivity index (χ4v) is 6.10. The molecule has 37 heavy (non-hydrogen) atoms. The highest BCUT2D eigenvalue weighted by molar-refractivity contribution is 6.08. The number of allylic oxidation sites excluding steroid dienone is 1. The Morgan fingerprint density at radius 1 is 1.14 bits per heavy atom. The molecule has 3 aliphatic rings. The number of nitrogens with one attached hydrogen (secondary N) is 3. The Hall–Kier alpha value is -3.87. The molecule has 7 nitrogen and oxygen atoms in total. The summed E-state index contributed by atoms with van der Waals surface area (Å²) in [6, 6.07) is 18.1. The number of methoxy groups -OCH3 is 1. The molecule has 3 heterocycles. The molecule has 2 aromatic carbocycles. The Bertz CT molecular complexity index is 1380. The molecule has 1 unspecified atom stereocenters. The monoisotopic (exact) mass is 495 g/mol. The molecular formula is C30H33N5O2. The fraction of sp³-hybridized carbons (Fsp3) is 0.367. The topological polar surface area (TPSA) is 90.3 Å². The molecule has 0 bridgehead atoms. The van der Waals surface area contributed by atoms with E-state index in [0.717, 1.165) is 73.1 Å². The van der Waals surface area contributed by atoms with Gasteiger partial charge in [-0.25, -0.2) is 4.79 Å². The van der Waals surface area contributed by atoms with E-state index in [1.807, 2.05) is 53.4 Å². The average molecular weight is 496 g/mol. The zero-order valence-electron chi connectivity index (χ0n) is 21.2. The van der Waals surface area contributed by atoms with E-state index in [1.54, 1.807) is 13.3 Å². The maximum atomic E-state index is 13.4. The van der Waals surface area contributed by atoms with Gasteiger partial charge in [-0.3, -0.25) is 4.98 Å². The second kappa shape index (κ2) is 9.21. The van der Waals surface area contributed by atoms with Crippen molar-refractivity contribution in [1.82, 2.24) is 20.5 Å². The summed E-state index contributed by atoms with van der Waals surface area (Å²) in [6.07, 6.45) is 8.66. The third kappa shape index (κ3) is 4.22. The van der Waals surface area contributed by atoms with Gasteiger partial charge in [0, 0.05) is 47.9 Å². The van der Waals surface area contributed by atoms with Crippen LogP contribution in [0, 0.1) is 10.8 Å². The smallest absolute Gasteiger partial charge is 0.318 e.